The molecule has 8 fully saturated rings. The molecule has 0 spiro atoms. The van der Waals surface area contributed by atoms with E-state index in [0.29, 0.717) is 26.2 Å². The zero-order valence-electron chi connectivity index (χ0n) is 33.3. The van der Waals surface area contributed by atoms with Gasteiger partial charge in [-0.15, -0.1) is 0 Å². The maximum atomic E-state index is 8.04. The van der Waals surface area contributed by atoms with Crippen molar-refractivity contribution in [1.82, 2.24) is 0 Å². The Labute approximate surface area is 313 Å². The fraction of sp³-hybridized carbons (Fsp3) is 1.00. The fourth-order valence-corrected chi connectivity index (χ4v) is 9.51. The Kier molecular flexibility index (Phi) is 11.2. The van der Waals surface area contributed by atoms with E-state index in [-0.39, 0.29) is 73.2 Å². The highest BCUT2D eigenvalue weighted by Gasteiger charge is 2.61. The number of ether oxygens (including phenoxy) is 15. The lowest BCUT2D eigenvalue weighted by atomic mass is 9.85. The SMILES string of the molecule is [3H]OC1[C@H](OC2[C@H](O[C@@]34OC(C)OCC3O[C@@H](OC3[C@H](C)OC5COC(C)O[C@@H]5[C@@H]3C)C[C@H]4C)OC3COC(C)O[C@@H]3[C@@H]2C)OC2COC(C)O[C@@H]2[C@@H]1C. The lowest BCUT2D eigenvalue weighted by molar-refractivity contribution is -0.481. The van der Waals surface area contributed by atoms with Crippen molar-refractivity contribution in [3.8, 4) is 0 Å². The molecule has 16 nitrogen and oxygen atoms in total. The highest BCUT2D eigenvalue weighted by molar-refractivity contribution is 4.99. The molecule has 0 aliphatic carbocycles. The van der Waals surface area contributed by atoms with Gasteiger partial charge in [0.2, 0.25) is 7.22 Å². The molecule has 53 heavy (non-hydrogen) atoms. The topological polar surface area (TPSA) is 159 Å². The summed E-state index contributed by atoms with van der Waals surface area (Å²) in [5.41, 5.74) is 0. The fourth-order valence-electron chi connectivity index (χ4n) is 9.51. The first-order chi connectivity index (χ1) is 25.8. The van der Waals surface area contributed by atoms with Gasteiger partial charge in [0.05, 0.1) is 56.9 Å². The number of hydrogen-bond acceptors (Lipinski definition) is 16. The van der Waals surface area contributed by atoms with Gasteiger partial charge in [-0.05, 0) is 34.6 Å². The van der Waals surface area contributed by atoms with Gasteiger partial charge in [0.25, 0.3) is 0 Å². The minimum Gasteiger partial charge on any atom is -0.387 e. The normalized spacial score (nSPS) is 57.6. The van der Waals surface area contributed by atoms with Crippen LogP contribution in [0.5, 0.6) is 0 Å². The molecule has 8 heterocycles. The van der Waals surface area contributed by atoms with Crippen molar-refractivity contribution >= 4 is 0 Å². The van der Waals surface area contributed by atoms with Crippen molar-refractivity contribution in [1.29, 1.82) is 1.43 Å². The van der Waals surface area contributed by atoms with E-state index < -0.39 is 74.0 Å². The van der Waals surface area contributed by atoms with E-state index >= 15 is 0 Å². The van der Waals surface area contributed by atoms with E-state index in [1.54, 1.807) is 0 Å². The molecule has 8 saturated heterocycles. The predicted octanol–water partition coefficient (Wildman–Crippen LogP) is 2.40. The molecule has 23 atom stereocenters. The number of aliphatic hydroxyl groups is 1. The van der Waals surface area contributed by atoms with E-state index in [0.717, 1.165) is 0 Å². The van der Waals surface area contributed by atoms with Crippen molar-refractivity contribution in [3.63, 3.8) is 0 Å². The van der Waals surface area contributed by atoms with Crippen LogP contribution in [0.25, 0.3) is 0 Å². The summed E-state index contributed by atoms with van der Waals surface area (Å²) in [6.07, 6.45) is -8.39. The van der Waals surface area contributed by atoms with Crippen LogP contribution in [-0.2, 0) is 71.1 Å². The summed E-state index contributed by atoms with van der Waals surface area (Å²) >= 11 is 0. The van der Waals surface area contributed by atoms with Crippen LogP contribution in [0.15, 0.2) is 0 Å². The first kappa shape index (κ1) is 37.9. The molecule has 0 saturated carbocycles. The number of aliphatic hydroxyl groups excluding tert-OH is 1. The average molecular weight is 763 g/mol. The van der Waals surface area contributed by atoms with E-state index in [4.69, 9.17) is 77.6 Å². The molecule has 8 aliphatic heterocycles. The van der Waals surface area contributed by atoms with Gasteiger partial charge in [-0.1, -0.05) is 27.7 Å². The molecule has 0 bridgehead atoms. The minimum absolute atomic E-state index is 0.0307. The van der Waals surface area contributed by atoms with Crippen LogP contribution in [0.3, 0.4) is 0 Å². The van der Waals surface area contributed by atoms with Gasteiger partial charge in [-0.2, -0.15) is 0 Å². The smallest absolute Gasteiger partial charge is 0.211 e. The number of fused-ring (bicyclic) bond motifs is 4. The maximum Gasteiger partial charge on any atom is 0.211 e. The predicted molar refractivity (Wildman–Crippen MR) is 179 cm³/mol. The summed E-state index contributed by atoms with van der Waals surface area (Å²) < 4.78 is 103. The standard InChI is InChI=1S/C37H60O16/c1-15-10-28(50-30-17(3)32-24(43-19(30)5)11-39-21(7)45-32)49-27-14-42-23(9)52-37(15,27)53-36-34(18(4)33-26(48-36)13-41-22(8)46-33)51-35-29(38)16(2)31-25(47-35)12-40-20(6)44-31/h15-36,38H,10-14H2,1-9H3/t15-,16-,17-,18+,19+,20?,21?,22?,23?,24?,25?,26?,27?,28+,29?,30?,31-,32-,33-,34?,35+,36+,37-/m1/s1/i38T. The lowest BCUT2D eigenvalue weighted by Gasteiger charge is -2.57. The molecule has 8 aliphatic rings. The van der Waals surface area contributed by atoms with Gasteiger partial charge in [-0.3, -0.25) is 0 Å². The van der Waals surface area contributed by atoms with Crippen LogP contribution in [0, 0.1) is 23.7 Å². The molecule has 8 rings (SSSR count). The molecular formula is C37H60O16. The molecule has 304 valence electrons. The Balaban J connectivity index is 1.03. The zero-order valence-corrected chi connectivity index (χ0v) is 32.3. The van der Waals surface area contributed by atoms with Crippen molar-refractivity contribution in [2.45, 2.75) is 186 Å². The van der Waals surface area contributed by atoms with E-state index in [1.807, 2.05) is 48.5 Å². The molecule has 11 unspecified atom stereocenters. The third kappa shape index (κ3) is 7.48. The molecule has 1 N–H and O–H groups in total. The minimum atomic E-state index is -1.30. The van der Waals surface area contributed by atoms with Crippen LogP contribution < -0.4 is 0 Å². The van der Waals surface area contributed by atoms with Crippen molar-refractivity contribution < 1.29 is 76.2 Å². The second-order valence-corrected chi connectivity index (χ2v) is 16.3. The Morgan fingerprint density at radius 3 is 1.74 bits per heavy atom. The quantitative estimate of drug-likeness (QED) is 0.403. The molecule has 0 aromatic rings. The first-order valence-corrected chi connectivity index (χ1v) is 19.7. The van der Waals surface area contributed by atoms with Crippen LogP contribution in [-0.4, -0.2) is 150 Å². The number of hydrogen-bond donors (Lipinski definition) is 1. The van der Waals surface area contributed by atoms with E-state index in [9.17, 15) is 0 Å². The van der Waals surface area contributed by atoms with Crippen molar-refractivity contribution in [2.75, 3.05) is 26.4 Å². The summed E-state index contributed by atoms with van der Waals surface area (Å²) in [6.45, 7) is 19.0. The summed E-state index contributed by atoms with van der Waals surface area (Å²) in [7, 11) is 0. The monoisotopic (exact) mass is 762 g/mol. The third-order valence-corrected chi connectivity index (χ3v) is 12.5. The van der Waals surface area contributed by atoms with Crippen molar-refractivity contribution in [2.24, 2.45) is 23.7 Å². The molecule has 0 radical (unpaired) electrons. The highest BCUT2D eigenvalue weighted by atomic mass is 16.9. The number of rotatable bonds is 7. The Morgan fingerprint density at radius 2 is 1.11 bits per heavy atom. The molecular weight excluding hydrogens is 700 g/mol. The molecule has 0 aromatic heterocycles. The van der Waals surface area contributed by atoms with Crippen molar-refractivity contribution in [3.05, 3.63) is 0 Å². The Bertz CT molecular complexity index is 1270. The summed E-state index contributed by atoms with van der Waals surface area (Å²) in [5.74, 6) is -2.02. The summed E-state index contributed by atoms with van der Waals surface area (Å²) in [4.78, 5) is 0. The summed E-state index contributed by atoms with van der Waals surface area (Å²) in [6, 6.07) is 0. The van der Waals surface area contributed by atoms with Gasteiger partial charge in [-0.25, -0.2) is 0 Å². The Morgan fingerprint density at radius 1 is 0.566 bits per heavy atom. The van der Waals surface area contributed by atoms with Gasteiger partial charge < -0.3 is 76.2 Å². The van der Waals surface area contributed by atoms with Crippen LogP contribution in [0.1, 0.15) is 68.7 Å². The maximum absolute atomic E-state index is 8.04. The highest BCUT2D eigenvalue weighted by Crippen LogP contribution is 2.47. The second-order valence-electron chi connectivity index (χ2n) is 16.3. The van der Waals surface area contributed by atoms with Gasteiger partial charge in [0.1, 0.15) is 36.6 Å². The third-order valence-electron chi connectivity index (χ3n) is 12.5. The molecule has 16 heteroatoms. The Hall–Kier alpha value is -0.640. The van der Waals surface area contributed by atoms with Gasteiger partial charge in [0, 0.05) is 30.1 Å². The van der Waals surface area contributed by atoms with E-state index in [2.05, 4.69) is 13.8 Å². The largest absolute Gasteiger partial charge is 0.387 e. The first-order valence-electron chi connectivity index (χ1n) is 20.1. The van der Waals surface area contributed by atoms with Gasteiger partial charge in [0.15, 0.2) is 44.0 Å². The van der Waals surface area contributed by atoms with Crippen LogP contribution >= 0.6 is 0 Å². The van der Waals surface area contributed by atoms with Gasteiger partial charge >= 0.3 is 0 Å². The molecule has 0 amide bonds. The second kappa shape index (κ2) is 15.6. The van der Waals surface area contributed by atoms with Crippen LogP contribution in [0.2, 0.25) is 0 Å². The van der Waals surface area contributed by atoms with Crippen LogP contribution in [0.4, 0.5) is 0 Å². The zero-order chi connectivity index (χ0) is 38.1. The lowest BCUT2D eigenvalue weighted by Crippen LogP contribution is -2.69. The average Bonchev–Trinajstić information content (AvgIpc) is 3.13. The molecule has 0 aromatic carbocycles. The summed E-state index contributed by atoms with van der Waals surface area (Å²) in [5, 5.41) is 5.27. The van der Waals surface area contributed by atoms with E-state index in [1.165, 1.54) is 0 Å².